The van der Waals surface area contributed by atoms with Crippen LogP contribution in [0.25, 0.3) is 0 Å². The topological polar surface area (TPSA) is 12.0 Å². The average molecular weight is 174 g/mol. The number of rotatable bonds is 4. The van der Waals surface area contributed by atoms with E-state index in [1.165, 1.54) is 25.7 Å². The molecule has 1 aliphatic rings. The van der Waals surface area contributed by atoms with Gasteiger partial charge in [0.1, 0.15) is 0 Å². The standard InChI is InChI=1S/C9H16ClN/c1-2-9(5-3-6-9)11-8-4-7-10/h4,7,11H,2-3,5-6,8H2,1H3/b7-4+. The highest BCUT2D eigenvalue weighted by atomic mass is 35.5. The Kier molecular flexibility index (Phi) is 3.41. The molecule has 1 aliphatic carbocycles. The van der Waals surface area contributed by atoms with Crippen molar-refractivity contribution in [2.24, 2.45) is 0 Å². The Morgan fingerprint density at radius 1 is 1.55 bits per heavy atom. The lowest BCUT2D eigenvalue weighted by atomic mass is 9.75. The van der Waals surface area contributed by atoms with Crippen LogP contribution in [0.5, 0.6) is 0 Å². The van der Waals surface area contributed by atoms with Crippen molar-refractivity contribution in [3.8, 4) is 0 Å². The van der Waals surface area contributed by atoms with E-state index in [0.29, 0.717) is 5.54 Å². The van der Waals surface area contributed by atoms with Crippen molar-refractivity contribution < 1.29 is 0 Å². The summed E-state index contributed by atoms with van der Waals surface area (Å²) in [7, 11) is 0. The van der Waals surface area contributed by atoms with Crippen LogP contribution < -0.4 is 5.32 Å². The van der Waals surface area contributed by atoms with Crippen LogP contribution >= 0.6 is 11.6 Å². The number of halogens is 1. The summed E-state index contributed by atoms with van der Waals surface area (Å²) >= 11 is 5.41. The van der Waals surface area contributed by atoms with E-state index in [4.69, 9.17) is 11.6 Å². The first-order valence-electron chi connectivity index (χ1n) is 4.33. The first-order chi connectivity index (χ1) is 5.33. The van der Waals surface area contributed by atoms with Crippen molar-refractivity contribution in [2.75, 3.05) is 6.54 Å². The molecule has 0 radical (unpaired) electrons. The highest BCUT2D eigenvalue weighted by molar-refractivity contribution is 6.25. The molecule has 1 fully saturated rings. The van der Waals surface area contributed by atoms with Crippen molar-refractivity contribution in [1.29, 1.82) is 0 Å². The van der Waals surface area contributed by atoms with Crippen LogP contribution in [0, 0.1) is 0 Å². The average Bonchev–Trinajstić information content (AvgIpc) is 1.95. The van der Waals surface area contributed by atoms with Crippen LogP contribution in [-0.4, -0.2) is 12.1 Å². The van der Waals surface area contributed by atoms with E-state index in [0.717, 1.165) is 6.54 Å². The van der Waals surface area contributed by atoms with E-state index in [1.807, 2.05) is 6.08 Å². The quantitative estimate of drug-likeness (QED) is 0.690. The van der Waals surface area contributed by atoms with Gasteiger partial charge in [-0.15, -0.1) is 0 Å². The van der Waals surface area contributed by atoms with Crippen LogP contribution in [0.3, 0.4) is 0 Å². The second-order valence-electron chi connectivity index (χ2n) is 3.23. The highest BCUT2D eigenvalue weighted by Gasteiger charge is 2.33. The Labute approximate surface area is 73.8 Å². The molecule has 0 unspecified atom stereocenters. The van der Waals surface area contributed by atoms with Gasteiger partial charge in [-0.3, -0.25) is 0 Å². The predicted molar refractivity (Wildman–Crippen MR) is 49.9 cm³/mol. The molecule has 0 heterocycles. The molecule has 0 amide bonds. The van der Waals surface area contributed by atoms with Crippen molar-refractivity contribution in [2.45, 2.75) is 38.1 Å². The Hall–Kier alpha value is -0.0100. The van der Waals surface area contributed by atoms with E-state index in [2.05, 4.69) is 12.2 Å². The predicted octanol–water partition coefficient (Wildman–Crippen LogP) is 2.66. The molecule has 1 rings (SSSR count). The van der Waals surface area contributed by atoms with E-state index < -0.39 is 0 Å². The Morgan fingerprint density at radius 3 is 2.64 bits per heavy atom. The minimum atomic E-state index is 0.455. The van der Waals surface area contributed by atoms with Crippen molar-refractivity contribution in [3.63, 3.8) is 0 Å². The zero-order valence-electron chi connectivity index (χ0n) is 7.07. The molecule has 0 atom stereocenters. The minimum absolute atomic E-state index is 0.455. The number of hydrogen-bond donors (Lipinski definition) is 1. The van der Waals surface area contributed by atoms with Gasteiger partial charge in [-0.1, -0.05) is 24.6 Å². The van der Waals surface area contributed by atoms with Gasteiger partial charge in [0.05, 0.1) is 0 Å². The number of hydrogen-bond acceptors (Lipinski definition) is 1. The maximum absolute atomic E-state index is 5.41. The molecule has 2 heteroatoms. The molecule has 0 aromatic heterocycles. The monoisotopic (exact) mass is 173 g/mol. The van der Waals surface area contributed by atoms with Crippen LogP contribution in [0.2, 0.25) is 0 Å². The molecular weight excluding hydrogens is 158 g/mol. The molecule has 0 aromatic rings. The first kappa shape index (κ1) is 9.08. The van der Waals surface area contributed by atoms with Gasteiger partial charge in [0.15, 0.2) is 0 Å². The molecule has 1 N–H and O–H groups in total. The summed E-state index contributed by atoms with van der Waals surface area (Å²) in [5.74, 6) is 0. The molecule has 0 aliphatic heterocycles. The van der Waals surface area contributed by atoms with Crippen LogP contribution in [-0.2, 0) is 0 Å². The fourth-order valence-corrected chi connectivity index (χ4v) is 1.67. The third-order valence-electron chi connectivity index (χ3n) is 2.67. The zero-order valence-corrected chi connectivity index (χ0v) is 7.82. The van der Waals surface area contributed by atoms with E-state index in [-0.39, 0.29) is 0 Å². The summed E-state index contributed by atoms with van der Waals surface area (Å²) in [6.07, 6.45) is 7.24. The zero-order chi connectivity index (χ0) is 8.16. The molecule has 11 heavy (non-hydrogen) atoms. The molecule has 1 saturated carbocycles. The Morgan fingerprint density at radius 2 is 2.27 bits per heavy atom. The van der Waals surface area contributed by atoms with Crippen molar-refractivity contribution >= 4 is 11.6 Å². The van der Waals surface area contributed by atoms with Gasteiger partial charge >= 0.3 is 0 Å². The molecule has 64 valence electrons. The molecule has 1 nitrogen and oxygen atoms in total. The van der Waals surface area contributed by atoms with Crippen LogP contribution in [0.1, 0.15) is 32.6 Å². The second-order valence-corrected chi connectivity index (χ2v) is 3.48. The van der Waals surface area contributed by atoms with E-state index >= 15 is 0 Å². The molecule has 0 bridgehead atoms. The first-order valence-corrected chi connectivity index (χ1v) is 4.77. The summed E-state index contributed by atoms with van der Waals surface area (Å²) < 4.78 is 0. The molecule has 0 aromatic carbocycles. The van der Waals surface area contributed by atoms with Crippen LogP contribution in [0.4, 0.5) is 0 Å². The van der Waals surface area contributed by atoms with Gasteiger partial charge in [0.2, 0.25) is 0 Å². The highest BCUT2D eigenvalue weighted by Crippen LogP contribution is 2.34. The lowest BCUT2D eigenvalue weighted by molar-refractivity contribution is 0.184. The van der Waals surface area contributed by atoms with Gasteiger partial charge in [-0.05, 0) is 25.7 Å². The van der Waals surface area contributed by atoms with Gasteiger partial charge < -0.3 is 5.32 Å². The Bertz CT molecular complexity index is 133. The minimum Gasteiger partial charge on any atom is -0.308 e. The van der Waals surface area contributed by atoms with E-state index in [1.54, 1.807) is 5.54 Å². The summed E-state index contributed by atoms with van der Waals surface area (Å²) in [4.78, 5) is 0. The van der Waals surface area contributed by atoms with Crippen LogP contribution in [0.15, 0.2) is 11.6 Å². The van der Waals surface area contributed by atoms with Crippen molar-refractivity contribution in [1.82, 2.24) is 5.32 Å². The van der Waals surface area contributed by atoms with Gasteiger partial charge in [0, 0.05) is 17.6 Å². The smallest absolute Gasteiger partial charge is 0.0181 e. The largest absolute Gasteiger partial charge is 0.308 e. The maximum Gasteiger partial charge on any atom is 0.0181 e. The SMILES string of the molecule is CCC1(NC/C=C/Cl)CCC1. The third kappa shape index (κ3) is 2.21. The summed E-state index contributed by atoms with van der Waals surface area (Å²) in [6.45, 7) is 3.16. The fraction of sp³-hybridized carbons (Fsp3) is 0.778. The van der Waals surface area contributed by atoms with Gasteiger partial charge in [-0.2, -0.15) is 0 Å². The molecule has 0 saturated heterocycles. The van der Waals surface area contributed by atoms with Gasteiger partial charge in [0.25, 0.3) is 0 Å². The lowest BCUT2D eigenvalue weighted by Gasteiger charge is -2.42. The summed E-state index contributed by atoms with van der Waals surface area (Å²) in [5.41, 5.74) is 2.03. The lowest BCUT2D eigenvalue weighted by Crippen LogP contribution is -2.50. The molecule has 0 spiro atoms. The summed E-state index contributed by atoms with van der Waals surface area (Å²) in [5, 5.41) is 3.51. The maximum atomic E-state index is 5.41. The summed E-state index contributed by atoms with van der Waals surface area (Å²) in [6, 6.07) is 0. The van der Waals surface area contributed by atoms with Gasteiger partial charge in [-0.25, -0.2) is 0 Å². The van der Waals surface area contributed by atoms with E-state index in [9.17, 15) is 0 Å². The molecular formula is C9H16ClN. The third-order valence-corrected chi connectivity index (χ3v) is 2.85. The fourth-order valence-electron chi connectivity index (χ4n) is 1.58. The Balaban J connectivity index is 2.21. The second kappa shape index (κ2) is 4.13. The normalized spacial score (nSPS) is 22.0. The number of nitrogens with one attached hydrogen (secondary N) is 1. The van der Waals surface area contributed by atoms with Crippen molar-refractivity contribution in [3.05, 3.63) is 11.6 Å².